The molecule has 0 unspecified atom stereocenters. The van der Waals surface area contributed by atoms with Crippen molar-refractivity contribution in [3.63, 3.8) is 0 Å². The van der Waals surface area contributed by atoms with Crippen LogP contribution in [0.3, 0.4) is 0 Å². The highest BCUT2D eigenvalue weighted by molar-refractivity contribution is 5.95. The van der Waals surface area contributed by atoms with Gasteiger partial charge in [-0.05, 0) is 48.7 Å². The predicted octanol–water partition coefficient (Wildman–Crippen LogP) is 2.96. The molecule has 1 fully saturated rings. The maximum Gasteiger partial charge on any atom is 0.262 e. The number of benzene rings is 2. The molecule has 1 N–H and O–H groups in total. The molecule has 26 heavy (non-hydrogen) atoms. The molecule has 136 valence electrons. The van der Waals surface area contributed by atoms with Gasteiger partial charge in [0.25, 0.3) is 5.91 Å². The number of hydrogen-bond donors (Lipinski definition) is 1. The lowest BCUT2D eigenvalue weighted by Gasteiger charge is -2.37. The summed E-state index contributed by atoms with van der Waals surface area (Å²) < 4.78 is 5.43. The van der Waals surface area contributed by atoms with Crippen molar-refractivity contribution >= 4 is 17.3 Å². The van der Waals surface area contributed by atoms with E-state index in [2.05, 4.69) is 53.2 Å². The molecule has 0 saturated carbocycles. The molecular weight excluding hydrogens is 326 g/mol. The quantitative estimate of drug-likeness (QED) is 0.923. The lowest BCUT2D eigenvalue weighted by atomic mass is 10.1. The lowest BCUT2D eigenvalue weighted by molar-refractivity contribution is -0.118. The van der Waals surface area contributed by atoms with Gasteiger partial charge in [0.2, 0.25) is 0 Å². The Morgan fingerprint density at radius 1 is 1.04 bits per heavy atom. The number of carbonyl (C=O) groups is 1. The minimum atomic E-state index is -0.0863. The number of aryl methyl sites for hydroxylation is 2. The summed E-state index contributed by atoms with van der Waals surface area (Å²) in [6, 6.07) is 12.7. The number of nitrogens with one attached hydrogen (secondary N) is 1. The van der Waals surface area contributed by atoms with E-state index in [1.165, 1.54) is 22.4 Å². The van der Waals surface area contributed by atoms with Crippen LogP contribution in [0.2, 0.25) is 0 Å². The van der Waals surface area contributed by atoms with Crippen LogP contribution in [0, 0.1) is 13.8 Å². The zero-order valence-corrected chi connectivity index (χ0v) is 15.4. The van der Waals surface area contributed by atoms with E-state index < -0.39 is 0 Å². The van der Waals surface area contributed by atoms with Gasteiger partial charge < -0.3 is 15.0 Å². The smallest absolute Gasteiger partial charge is 0.262 e. The molecule has 0 radical (unpaired) electrons. The Kier molecular flexibility index (Phi) is 4.55. The van der Waals surface area contributed by atoms with Crippen molar-refractivity contribution in [1.29, 1.82) is 0 Å². The van der Waals surface area contributed by atoms with Crippen LogP contribution in [0.5, 0.6) is 5.75 Å². The van der Waals surface area contributed by atoms with Gasteiger partial charge in [0.1, 0.15) is 5.75 Å². The molecule has 5 nitrogen and oxygen atoms in total. The van der Waals surface area contributed by atoms with Gasteiger partial charge in [0.15, 0.2) is 6.61 Å². The molecule has 0 atom stereocenters. The Morgan fingerprint density at radius 2 is 1.85 bits per heavy atom. The second-order valence-electron chi connectivity index (χ2n) is 7.22. The number of rotatable bonds is 3. The molecule has 2 aromatic rings. The highest BCUT2D eigenvalue weighted by Gasteiger charge is 2.20. The zero-order valence-electron chi connectivity index (χ0n) is 15.4. The number of ether oxygens (including phenoxy) is 1. The van der Waals surface area contributed by atoms with Crippen LogP contribution in [0.4, 0.5) is 11.4 Å². The van der Waals surface area contributed by atoms with E-state index in [0.717, 1.165) is 44.2 Å². The van der Waals surface area contributed by atoms with E-state index in [-0.39, 0.29) is 12.5 Å². The highest BCUT2D eigenvalue weighted by Crippen LogP contribution is 2.29. The Morgan fingerprint density at radius 3 is 2.65 bits per heavy atom. The first-order valence-electron chi connectivity index (χ1n) is 9.18. The summed E-state index contributed by atoms with van der Waals surface area (Å²) in [5, 5.41) is 2.89. The third-order valence-electron chi connectivity index (χ3n) is 5.16. The first kappa shape index (κ1) is 16.9. The van der Waals surface area contributed by atoms with Gasteiger partial charge in [-0.2, -0.15) is 0 Å². The van der Waals surface area contributed by atoms with Gasteiger partial charge in [-0.25, -0.2) is 0 Å². The molecule has 0 aliphatic carbocycles. The molecule has 5 heteroatoms. The van der Waals surface area contributed by atoms with Crippen LogP contribution in [0.1, 0.15) is 16.7 Å². The molecule has 0 bridgehead atoms. The first-order valence-corrected chi connectivity index (χ1v) is 9.18. The first-order chi connectivity index (χ1) is 12.6. The van der Waals surface area contributed by atoms with E-state index in [9.17, 15) is 4.79 Å². The van der Waals surface area contributed by atoms with Gasteiger partial charge >= 0.3 is 0 Å². The number of hydrogen-bond acceptors (Lipinski definition) is 4. The monoisotopic (exact) mass is 351 g/mol. The molecule has 1 saturated heterocycles. The van der Waals surface area contributed by atoms with Gasteiger partial charge in [-0.3, -0.25) is 9.69 Å². The average Bonchev–Trinajstić information content (AvgIpc) is 2.64. The molecule has 1 amide bonds. The molecule has 2 aliphatic rings. The van der Waals surface area contributed by atoms with Crippen LogP contribution in [0.15, 0.2) is 36.4 Å². The van der Waals surface area contributed by atoms with Crippen LogP contribution >= 0.6 is 0 Å². The average molecular weight is 351 g/mol. The Labute approximate surface area is 154 Å². The molecular formula is C21H25N3O2. The molecule has 2 aliphatic heterocycles. The number of piperazine rings is 1. The van der Waals surface area contributed by atoms with Crippen LogP contribution < -0.4 is 15.0 Å². The largest absolute Gasteiger partial charge is 0.482 e. The summed E-state index contributed by atoms with van der Waals surface area (Å²) in [6.45, 7) is 9.48. The van der Waals surface area contributed by atoms with Crippen molar-refractivity contribution in [1.82, 2.24) is 4.90 Å². The molecule has 0 aromatic heterocycles. The molecule has 4 rings (SSSR count). The normalized spacial score (nSPS) is 17.5. The summed E-state index contributed by atoms with van der Waals surface area (Å²) in [5.41, 5.74) is 6.00. The number of fused-ring (bicyclic) bond motifs is 1. The van der Waals surface area contributed by atoms with E-state index in [4.69, 9.17) is 4.74 Å². The third-order valence-corrected chi connectivity index (χ3v) is 5.16. The van der Waals surface area contributed by atoms with Gasteiger partial charge in [0.05, 0.1) is 5.69 Å². The molecule has 0 spiro atoms. The summed E-state index contributed by atoms with van der Waals surface area (Å²) in [7, 11) is 0. The van der Waals surface area contributed by atoms with Gasteiger partial charge in [-0.1, -0.05) is 18.2 Å². The summed E-state index contributed by atoms with van der Waals surface area (Å²) in [4.78, 5) is 16.5. The number of amides is 1. The standard InChI is InChI=1S/C21H25N3O2/c1-15-3-4-16(2)19(11-15)24-9-7-23(8-10-24)13-17-5-6-20-18(12-17)22-21(25)14-26-20/h3-6,11-12H,7-10,13-14H2,1-2H3,(H,22,25). The summed E-state index contributed by atoms with van der Waals surface area (Å²) in [6.07, 6.45) is 0. The van der Waals surface area contributed by atoms with E-state index in [0.29, 0.717) is 0 Å². The number of anilines is 2. The van der Waals surface area contributed by atoms with Crippen molar-refractivity contribution in [3.05, 3.63) is 53.1 Å². The lowest BCUT2D eigenvalue weighted by Crippen LogP contribution is -2.46. The fourth-order valence-electron chi connectivity index (χ4n) is 3.69. The van der Waals surface area contributed by atoms with Crippen LogP contribution in [0.25, 0.3) is 0 Å². The fourth-order valence-corrected chi connectivity index (χ4v) is 3.69. The Balaban J connectivity index is 1.39. The zero-order chi connectivity index (χ0) is 18.1. The topological polar surface area (TPSA) is 44.8 Å². The maximum atomic E-state index is 11.5. The maximum absolute atomic E-state index is 11.5. The van der Waals surface area contributed by atoms with Crippen molar-refractivity contribution in [3.8, 4) is 5.75 Å². The minimum Gasteiger partial charge on any atom is -0.482 e. The van der Waals surface area contributed by atoms with Crippen LogP contribution in [-0.4, -0.2) is 43.6 Å². The van der Waals surface area contributed by atoms with Crippen molar-refractivity contribution < 1.29 is 9.53 Å². The van der Waals surface area contributed by atoms with E-state index in [1.807, 2.05) is 12.1 Å². The summed E-state index contributed by atoms with van der Waals surface area (Å²) in [5.74, 6) is 0.671. The van der Waals surface area contributed by atoms with Crippen molar-refractivity contribution in [2.45, 2.75) is 20.4 Å². The van der Waals surface area contributed by atoms with Crippen LogP contribution in [-0.2, 0) is 11.3 Å². The van der Waals surface area contributed by atoms with Crippen molar-refractivity contribution in [2.75, 3.05) is 43.0 Å². The van der Waals surface area contributed by atoms with Gasteiger partial charge in [-0.15, -0.1) is 0 Å². The number of carbonyl (C=O) groups excluding carboxylic acids is 1. The molecule has 2 aromatic carbocycles. The Hall–Kier alpha value is -2.53. The number of nitrogens with zero attached hydrogens (tertiary/aromatic N) is 2. The van der Waals surface area contributed by atoms with E-state index >= 15 is 0 Å². The van der Waals surface area contributed by atoms with Gasteiger partial charge in [0, 0.05) is 38.4 Å². The Bertz CT molecular complexity index is 826. The molecule has 2 heterocycles. The second kappa shape index (κ2) is 7.00. The minimum absolute atomic E-state index is 0.0863. The second-order valence-corrected chi connectivity index (χ2v) is 7.22. The fraction of sp³-hybridized carbons (Fsp3) is 0.381. The predicted molar refractivity (Wildman–Crippen MR) is 104 cm³/mol. The summed E-state index contributed by atoms with van der Waals surface area (Å²) >= 11 is 0. The van der Waals surface area contributed by atoms with Crippen molar-refractivity contribution in [2.24, 2.45) is 0 Å². The third kappa shape index (κ3) is 3.53. The highest BCUT2D eigenvalue weighted by atomic mass is 16.5. The SMILES string of the molecule is Cc1ccc(C)c(N2CCN(Cc3ccc4c(c3)NC(=O)CO4)CC2)c1. The van der Waals surface area contributed by atoms with E-state index in [1.54, 1.807) is 0 Å².